The Morgan fingerprint density at radius 2 is 2.03 bits per heavy atom. The van der Waals surface area contributed by atoms with E-state index >= 15 is 0 Å². The number of carbonyl (C=O) groups is 1. The van der Waals surface area contributed by atoms with Gasteiger partial charge in [-0.1, -0.05) is 6.07 Å². The number of likely N-dealkylation sites (tertiary alicyclic amines) is 2. The summed E-state index contributed by atoms with van der Waals surface area (Å²) in [6, 6.07) is 4.76. The van der Waals surface area contributed by atoms with Crippen LogP contribution in [0.1, 0.15) is 42.9 Å². The molecule has 2 aromatic heterocycles. The monoisotopic (exact) mass is 425 g/mol. The Morgan fingerprint density at radius 1 is 1.19 bits per heavy atom. The summed E-state index contributed by atoms with van der Waals surface area (Å²) in [6.07, 6.45) is 8.25. The topological polar surface area (TPSA) is 79.2 Å². The van der Waals surface area contributed by atoms with Crippen LogP contribution in [-0.4, -0.2) is 74.2 Å². The number of aryl methyl sites for hydroxylation is 2. The zero-order chi connectivity index (χ0) is 21.6. The molecular formula is C23H35N7O. The average Bonchev–Trinajstić information content (AvgIpc) is 3.12. The predicted octanol–water partition coefficient (Wildman–Crippen LogP) is 1.78. The quantitative estimate of drug-likeness (QED) is 0.729. The second kappa shape index (κ2) is 10.3. The normalized spacial score (nSPS) is 21.3. The van der Waals surface area contributed by atoms with E-state index in [-0.39, 0.29) is 11.8 Å². The van der Waals surface area contributed by atoms with Crippen molar-refractivity contribution >= 4 is 5.91 Å². The van der Waals surface area contributed by atoms with Gasteiger partial charge in [0.1, 0.15) is 11.6 Å². The number of piperidine rings is 2. The Balaban J connectivity index is 1.20. The van der Waals surface area contributed by atoms with Crippen LogP contribution in [0.25, 0.3) is 0 Å². The molecule has 0 aromatic carbocycles. The van der Waals surface area contributed by atoms with Gasteiger partial charge < -0.3 is 5.32 Å². The molecule has 0 saturated carbocycles. The number of hydrogen-bond donors (Lipinski definition) is 1. The number of aromatic nitrogens is 4. The molecule has 0 bridgehead atoms. The second-order valence-corrected chi connectivity index (χ2v) is 8.92. The minimum Gasteiger partial charge on any atom is -0.354 e. The number of amides is 1. The Labute approximate surface area is 185 Å². The highest BCUT2D eigenvalue weighted by atomic mass is 16.1. The molecule has 0 spiro atoms. The smallest absolute Gasteiger partial charge is 0.224 e. The minimum absolute atomic E-state index is 0.0979. The highest BCUT2D eigenvalue weighted by Crippen LogP contribution is 2.24. The second-order valence-electron chi connectivity index (χ2n) is 8.92. The first kappa shape index (κ1) is 21.9. The molecule has 1 atom stereocenters. The number of carbonyl (C=O) groups excluding carboxylic acids is 1. The van der Waals surface area contributed by atoms with E-state index in [4.69, 9.17) is 0 Å². The van der Waals surface area contributed by atoms with Gasteiger partial charge in [-0.3, -0.25) is 19.6 Å². The molecule has 0 aliphatic carbocycles. The van der Waals surface area contributed by atoms with Gasteiger partial charge in [0.25, 0.3) is 0 Å². The molecule has 1 N–H and O–H groups in total. The van der Waals surface area contributed by atoms with E-state index in [9.17, 15) is 4.79 Å². The van der Waals surface area contributed by atoms with Crippen molar-refractivity contribution < 1.29 is 4.79 Å². The summed E-state index contributed by atoms with van der Waals surface area (Å²) in [5.74, 6) is 1.96. The summed E-state index contributed by atoms with van der Waals surface area (Å²) < 4.78 is 1.86. The molecule has 31 heavy (non-hydrogen) atoms. The standard InChI is InChI=1S/C23H35N7O/c1-18-26-19(2)30(27-18)14-10-25-23(31)21-6-4-11-29(17-21)22-7-12-28(13-8-22)16-20-5-3-9-24-15-20/h3,5,9,15,21-22H,4,6-8,10-14,16-17H2,1-2H3,(H,25,31)/t21-/m0/s1. The molecule has 4 heterocycles. The molecule has 2 aromatic rings. The first-order valence-corrected chi connectivity index (χ1v) is 11.6. The third-order valence-corrected chi connectivity index (χ3v) is 6.61. The van der Waals surface area contributed by atoms with Gasteiger partial charge in [-0.15, -0.1) is 0 Å². The molecule has 168 valence electrons. The summed E-state index contributed by atoms with van der Waals surface area (Å²) in [4.78, 5) is 26.4. The van der Waals surface area contributed by atoms with Gasteiger partial charge in [-0.25, -0.2) is 9.67 Å². The number of pyridine rings is 1. The average molecular weight is 426 g/mol. The third kappa shape index (κ3) is 5.89. The molecule has 8 nitrogen and oxygen atoms in total. The van der Waals surface area contributed by atoms with Crippen LogP contribution in [0.15, 0.2) is 24.5 Å². The molecule has 8 heteroatoms. The SMILES string of the molecule is Cc1nc(C)n(CCNC(=O)[C@H]2CCCN(C3CCN(Cc4cccnc4)CC3)C2)n1. The van der Waals surface area contributed by atoms with E-state index in [1.54, 1.807) is 0 Å². The molecule has 2 saturated heterocycles. The minimum atomic E-state index is 0.0979. The molecule has 2 aliphatic heterocycles. The Kier molecular flexibility index (Phi) is 7.29. The van der Waals surface area contributed by atoms with Crippen LogP contribution in [0.4, 0.5) is 0 Å². The van der Waals surface area contributed by atoms with E-state index in [1.807, 2.05) is 37.0 Å². The summed E-state index contributed by atoms with van der Waals surface area (Å²) in [7, 11) is 0. The number of nitrogens with one attached hydrogen (secondary N) is 1. The Morgan fingerprint density at radius 3 is 2.74 bits per heavy atom. The largest absolute Gasteiger partial charge is 0.354 e. The van der Waals surface area contributed by atoms with Crippen LogP contribution in [0, 0.1) is 19.8 Å². The number of rotatable bonds is 7. The van der Waals surface area contributed by atoms with E-state index in [0.717, 1.165) is 57.2 Å². The van der Waals surface area contributed by atoms with Crippen LogP contribution in [0.2, 0.25) is 0 Å². The summed E-state index contributed by atoms with van der Waals surface area (Å²) >= 11 is 0. The van der Waals surface area contributed by atoms with E-state index in [1.165, 1.54) is 18.4 Å². The van der Waals surface area contributed by atoms with Gasteiger partial charge in [0, 0.05) is 38.1 Å². The van der Waals surface area contributed by atoms with Crippen molar-refractivity contribution in [2.45, 2.75) is 58.7 Å². The van der Waals surface area contributed by atoms with Gasteiger partial charge in [-0.05, 0) is 70.8 Å². The van der Waals surface area contributed by atoms with Crippen molar-refractivity contribution in [1.29, 1.82) is 0 Å². The van der Waals surface area contributed by atoms with Crippen molar-refractivity contribution in [1.82, 2.24) is 34.9 Å². The van der Waals surface area contributed by atoms with Crippen LogP contribution in [-0.2, 0) is 17.9 Å². The van der Waals surface area contributed by atoms with Crippen LogP contribution in [0.5, 0.6) is 0 Å². The van der Waals surface area contributed by atoms with Crippen LogP contribution in [0.3, 0.4) is 0 Å². The maximum atomic E-state index is 12.8. The number of hydrogen-bond acceptors (Lipinski definition) is 6. The maximum absolute atomic E-state index is 12.8. The van der Waals surface area contributed by atoms with Crippen molar-refractivity contribution in [3.8, 4) is 0 Å². The summed E-state index contributed by atoms with van der Waals surface area (Å²) in [5.41, 5.74) is 1.28. The highest BCUT2D eigenvalue weighted by molar-refractivity contribution is 5.78. The fourth-order valence-electron chi connectivity index (χ4n) is 4.95. The lowest BCUT2D eigenvalue weighted by atomic mass is 9.93. The first-order chi connectivity index (χ1) is 15.1. The van der Waals surface area contributed by atoms with Crippen LogP contribution < -0.4 is 5.32 Å². The van der Waals surface area contributed by atoms with Crippen molar-refractivity contribution in [2.24, 2.45) is 5.92 Å². The summed E-state index contributed by atoms with van der Waals surface area (Å²) in [6.45, 7) is 10.3. The first-order valence-electron chi connectivity index (χ1n) is 11.6. The Hall–Kier alpha value is -2.32. The fourth-order valence-corrected chi connectivity index (χ4v) is 4.95. The zero-order valence-electron chi connectivity index (χ0n) is 18.8. The third-order valence-electron chi connectivity index (χ3n) is 6.61. The molecule has 2 aliphatic rings. The van der Waals surface area contributed by atoms with Crippen molar-refractivity contribution in [3.05, 3.63) is 41.7 Å². The van der Waals surface area contributed by atoms with Gasteiger partial charge >= 0.3 is 0 Å². The van der Waals surface area contributed by atoms with Gasteiger partial charge in [0.15, 0.2) is 0 Å². The molecule has 0 unspecified atom stereocenters. The molecular weight excluding hydrogens is 390 g/mol. The van der Waals surface area contributed by atoms with Gasteiger partial charge in [0.2, 0.25) is 5.91 Å². The lowest BCUT2D eigenvalue weighted by Crippen LogP contribution is -2.50. The van der Waals surface area contributed by atoms with E-state index in [2.05, 4.69) is 36.2 Å². The maximum Gasteiger partial charge on any atom is 0.224 e. The summed E-state index contributed by atoms with van der Waals surface area (Å²) in [5, 5.41) is 7.49. The predicted molar refractivity (Wildman–Crippen MR) is 119 cm³/mol. The lowest BCUT2D eigenvalue weighted by Gasteiger charge is -2.42. The lowest BCUT2D eigenvalue weighted by molar-refractivity contribution is -0.127. The number of nitrogens with zero attached hydrogens (tertiary/aromatic N) is 6. The van der Waals surface area contributed by atoms with Crippen molar-refractivity contribution in [3.63, 3.8) is 0 Å². The Bertz CT molecular complexity index is 845. The fraction of sp³-hybridized carbons (Fsp3) is 0.652. The molecule has 2 fully saturated rings. The molecule has 0 radical (unpaired) electrons. The molecule has 1 amide bonds. The van der Waals surface area contributed by atoms with Crippen molar-refractivity contribution in [2.75, 3.05) is 32.7 Å². The van der Waals surface area contributed by atoms with Crippen LogP contribution >= 0.6 is 0 Å². The zero-order valence-corrected chi connectivity index (χ0v) is 18.8. The molecule has 4 rings (SSSR count). The van der Waals surface area contributed by atoms with E-state index < -0.39 is 0 Å². The highest BCUT2D eigenvalue weighted by Gasteiger charge is 2.31. The van der Waals surface area contributed by atoms with Gasteiger partial charge in [-0.2, -0.15) is 5.10 Å². The van der Waals surface area contributed by atoms with Gasteiger partial charge in [0.05, 0.1) is 12.5 Å². The van der Waals surface area contributed by atoms with E-state index in [0.29, 0.717) is 19.1 Å².